The number of benzene rings is 2. The fraction of sp³-hybridized carbons (Fsp3) is 0.391. The lowest BCUT2D eigenvalue weighted by atomic mass is 9.92. The summed E-state index contributed by atoms with van der Waals surface area (Å²) in [5.74, 6) is 0.133. The molecule has 1 aliphatic heterocycles. The number of hydrogen-bond acceptors (Lipinski definition) is 4. The highest BCUT2D eigenvalue weighted by molar-refractivity contribution is 7.93. The SMILES string of the molecule is CC(C)(C)c1cc(NC(=O)CN2c3cccc4cccc(c34)S2(=O)=O)n(C(C)(C)C)n1. The van der Waals surface area contributed by atoms with E-state index in [0.29, 0.717) is 16.9 Å². The van der Waals surface area contributed by atoms with Crippen LogP contribution < -0.4 is 9.62 Å². The number of amides is 1. The number of anilines is 2. The Hall–Kier alpha value is -2.87. The van der Waals surface area contributed by atoms with E-state index in [1.54, 1.807) is 28.9 Å². The summed E-state index contributed by atoms with van der Waals surface area (Å²) in [6.45, 7) is 11.9. The molecule has 31 heavy (non-hydrogen) atoms. The van der Waals surface area contributed by atoms with E-state index in [2.05, 4.69) is 26.1 Å². The molecule has 8 heteroatoms. The number of nitrogens with zero attached hydrogens (tertiary/aromatic N) is 3. The highest BCUT2D eigenvalue weighted by Gasteiger charge is 2.37. The molecule has 0 saturated heterocycles. The standard InChI is InChI=1S/C23H28N4O3S/c1-22(2,3)18-13-19(27(25-18)23(4,5)6)24-20(28)14-26-16-11-7-9-15-10-8-12-17(21(15)16)31(26,29)30/h7-13H,14H2,1-6H3,(H,24,28). The van der Waals surface area contributed by atoms with Crippen LogP contribution in [-0.4, -0.2) is 30.7 Å². The molecule has 3 aromatic rings. The van der Waals surface area contributed by atoms with Crippen LogP contribution in [0.25, 0.3) is 10.8 Å². The van der Waals surface area contributed by atoms with Gasteiger partial charge in [0, 0.05) is 16.9 Å². The molecule has 0 radical (unpaired) electrons. The summed E-state index contributed by atoms with van der Waals surface area (Å²) in [4.78, 5) is 13.2. The number of carbonyl (C=O) groups is 1. The van der Waals surface area contributed by atoms with Crippen LogP contribution in [0.3, 0.4) is 0 Å². The summed E-state index contributed by atoms with van der Waals surface area (Å²) in [7, 11) is -3.79. The molecule has 0 saturated carbocycles. The number of hydrogen-bond donors (Lipinski definition) is 1. The largest absolute Gasteiger partial charge is 0.309 e. The molecule has 0 unspecified atom stereocenters. The van der Waals surface area contributed by atoms with Crippen molar-refractivity contribution >= 4 is 38.2 Å². The van der Waals surface area contributed by atoms with Gasteiger partial charge in [-0.3, -0.25) is 9.10 Å². The van der Waals surface area contributed by atoms with Gasteiger partial charge in [-0.1, -0.05) is 45.0 Å². The number of carbonyl (C=O) groups excluding carboxylic acids is 1. The van der Waals surface area contributed by atoms with E-state index in [9.17, 15) is 13.2 Å². The van der Waals surface area contributed by atoms with Crippen LogP contribution in [0.4, 0.5) is 11.5 Å². The van der Waals surface area contributed by atoms with Crippen molar-refractivity contribution in [1.82, 2.24) is 9.78 Å². The molecular formula is C23H28N4O3S. The van der Waals surface area contributed by atoms with E-state index < -0.39 is 15.9 Å². The first-order valence-electron chi connectivity index (χ1n) is 10.3. The van der Waals surface area contributed by atoms with Crippen molar-refractivity contribution in [3.05, 3.63) is 48.2 Å². The monoisotopic (exact) mass is 440 g/mol. The zero-order valence-electron chi connectivity index (χ0n) is 18.7. The van der Waals surface area contributed by atoms with Gasteiger partial charge in [0.25, 0.3) is 10.0 Å². The molecule has 1 amide bonds. The summed E-state index contributed by atoms with van der Waals surface area (Å²) in [5.41, 5.74) is 0.839. The van der Waals surface area contributed by atoms with Crippen LogP contribution in [0.15, 0.2) is 47.4 Å². The van der Waals surface area contributed by atoms with E-state index in [-0.39, 0.29) is 22.4 Å². The normalized spacial score (nSPS) is 15.5. The zero-order chi connectivity index (χ0) is 22.8. The third-order valence-corrected chi connectivity index (χ3v) is 7.15. The summed E-state index contributed by atoms with van der Waals surface area (Å²) < 4.78 is 29.2. The average Bonchev–Trinajstić information content (AvgIpc) is 3.17. The first-order chi connectivity index (χ1) is 14.3. The van der Waals surface area contributed by atoms with E-state index in [4.69, 9.17) is 5.10 Å². The van der Waals surface area contributed by atoms with Crippen LogP contribution in [0.2, 0.25) is 0 Å². The van der Waals surface area contributed by atoms with Crippen molar-refractivity contribution in [1.29, 1.82) is 0 Å². The van der Waals surface area contributed by atoms with E-state index >= 15 is 0 Å². The lowest BCUT2D eigenvalue weighted by molar-refractivity contribution is -0.114. The van der Waals surface area contributed by atoms with Crippen molar-refractivity contribution in [2.24, 2.45) is 0 Å². The first kappa shape index (κ1) is 21.4. The van der Waals surface area contributed by atoms with Gasteiger partial charge in [0.1, 0.15) is 12.4 Å². The molecule has 0 atom stereocenters. The predicted octanol–water partition coefficient (Wildman–Crippen LogP) is 4.24. The molecule has 2 aromatic carbocycles. The summed E-state index contributed by atoms with van der Waals surface area (Å²) in [5, 5.41) is 9.08. The lowest BCUT2D eigenvalue weighted by Crippen LogP contribution is -2.36. The molecule has 1 aliphatic rings. The van der Waals surface area contributed by atoms with Gasteiger partial charge in [0.05, 0.1) is 21.8 Å². The second-order valence-corrected chi connectivity index (χ2v) is 11.8. The molecule has 0 bridgehead atoms. The van der Waals surface area contributed by atoms with Gasteiger partial charge in [0.2, 0.25) is 5.91 Å². The zero-order valence-corrected chi connectivity index (χ0v) is 19.5. The summed E-state index contributed by atoms with van der Waals surface area (Å²) in [6.07, 6.45) is 0. The fourth-order valence-electron chi connectivity index (χ4n) is 3.79. The van der Waals surface area contributed by atoms with Gasteiger partial charge < -0.3 is 5.32 Å². The minimum Gasteiger partial charge on any atom is -0.309 e. The molecule has 4 rings (SSSR count). The number of rotatable bonds is 3. The van der Waals surface area contributed by atoms with Crippen molar-refractivity contribution in [3.8, 4) is 0 Å². The maximum Gasteiger partial charge on any atom is 0.265 e. The maximum atomic E-state index is 13.1. The number of sulfonamides is 1. The van der Waals surface area contributed by atoms with Gasteiger partial charge in [-0.2, -0.15) is 5.10 Å². The number of nitrogens with one attached hydrogen (secondary N) is 1. The molecule has 2 heterocycles. The fourth-order valence-corrected chi connectivity index (χ4v) is 5.46. The number of aromatic nitrogens is 2. The average molecular weight is 441 g/mol. The Kier molecular flexibility index (Phi) is 4.70. The third kappa shape index (κ3) is 3.59. The van der Waals surface area contributed by atoms with Crippen molar-refractivity contribution in [2.45, 2.75) is 57.4 Å². The van der Waals surface area contributed by atoms with Crippen molar-refractivity contribution in [3.63, 3.8) is 0 Å². The summed E-state index contributed by atoms with van der Waals surface area (Å²) in [6, 6.07) is 12.5. The van der Waals surface area contributed by atoms with E-state index in [1.165, 1.54) is 4.31 Å². The molecule has 1 aromatic heterocycles. The van der Waals surface area contributed by atoms with Crippen LogP contribution in [-0.2, 0) is 25.8 Å². The quantitative estimate of drug-likeness (QED) is 0.660. The Balaban J connectivity index is 1.67. The van der Waals surface area contributed by atoms with Gasteiger partial charge in [-0.05, 0) is 38.3 Å². The Morgan fingerprint density at radius 3 is 2.29 bits per heavy atom. The maximum absolute atomic E-state index is 13.1. The molecule has 0 spiro atoms. The summed E-state index contributed by atoms with van der Waals surface area (Å²) >= 11 is 0. The molecule has 1 N–H and O–H groups in total. The van der Waals surface area contributed by atoms with Gasteiger partial charge in [0.15, 0.2) is 0 Å². The Labute approximate surface area is 183 Å². The molecule has 164 valence electrons. The Bertz CT molecular complexity index is 1290. The van der Waals surface area contributed by atoms with Crippen molar-refractivity contribution < 1.29 is 13.2 Å². The highest BCUT2D eigenvalue weighted by atomic mass is 32.2. The van der Waals surface area contributed by atoms with Crippen LogP contribution in [0.5, 0.6) is 0 Å². The predicted molar refractivity (Wildman–Crippen MR) is 123 cm³/mol. The first-order valence-corrected chi connectivity index (χ1v) is 11.7. The van der Waals surface area contributed by atoms with Gasteiger partial charge in [-0.25, -0.2) is 13.1 Å². The highest BCUT2D eigenvalue weighted by Crippen LogP contribution is 2.41. The van der Waals surface area contributed by atoms with Crippen molar-refractivity contribution in [2.75, 3.05) is 16.2 Å². The topological polar surface area (TPSA) is 84.3 Å². The Morgan fingerprint density at radius 1 is 1.03 bits per heavy atom. The van der Waals surface area contributed by atoms with Crippen LogP contribution in [0, 0.1) is 0 Å². The molecule has 7 nitrogen and oxygen atoms in total. The van der Waals surface area contributed by atoms with E-state index in [1.807, 2.05) is 39.0 Å². The van der Waals surface area contributed by atoms with Gasteiger partial charge in [-0.15, -0.1) is 0 Å². The molecular weight excluding hydrogens is 412 g/mol. The second kappa shape index (κ2) is 6.82. The minimum absolute atomic E-state index is 0.189. The molecule has 0 aliphatic carbocycles. The minimum atomic E-state index is -3.79. The van der Waals surface area contributed by atoms with Crippen LogP contribution >= 0.6 is 0 Å². The van der Waals surface area contributed by atoms with Crippen LogP contribution in [0.1, 0.15) is 47.2 Å². The second-order valence-electron chi connectivity index (χ2n) is 9.94. The lowest BCUT2D eigenvalue weighted by Gasteiger charge is -2.23. The molecule has 0 fully saturated rings. The smallest absolute Gasteiger partial charge is 0.265 e. The Morgan fingerprint density at radius 2 is 1.68 bits per heavy atom. The third-order valence-electron chi connectivity index (χ3n) is 5.35. The van der Waals surface area contributed by atoms with E-state index in [0.717, 1.165) is 11.1 Å². The van der Waals surface area contributed by atoms with Gasteiger partial charge >= 0.3 is 0 Å².